The van der Waals surface area contributed by atoms with Crippen LogP contribution in [-0.4, -0.2) is 28.1 Å². The molecule has 0 aromatic carbocycles. The fourth-order valence-electron chi connectivity index (χ4n) is 2.64. The second-order valence-electron chi connectivity index (χ2n) is 5.47. The Balaban J connectivity index is 1.91. The van der Waals surface area contributed by atoms with E-state index in [1.54, 1.807) is 0 Å². The van der Waals surface area contributed by atoms with Gasteiger partial charge < -0.3 is 10.4 Å². The van der Waals surface area contributed by atoms with Crippen molar-refractivity contribution in [1.82, 2.24) is 10.3 Å². The van der Waals surface area contributed by atoms with Crippen LogP contribution in [0.2, 0.25) is 0 Å². The molecule has 0 aliphatic heterocycles. The summed E-state index contributed by atoms with van der Waals surface area (Å²) in [6, 6.07) is 2.53. The van der Waals surface area contributed by atoms with E-state index in [1.165, 1.54) is 12.1 Å². The number of hydrogen-bond acceptors (Lipinski definition) is 3. The fourth-order valence-corrected chi connectivity index (χ4v) is 2.64. The molecule has 1 amide bonds. The van der Waals surface area contributed by atoms with Gasteiger partial charge in [-0.15, -0.1) is 0 Å². The van der Waals surface area contributed by atoms with Gasteiger partial charge in [0, 0.05) is 6.54 Å². The van der Waals surface area contributed by atoms with Gasteiger partial charge in [0.15, 0.2) is 0 Å². The number of amides is 1. The van der Waals surface area contributed by atoms with Crippen molar-refractivity contribution in [2.45, 2.75) is 38.2 Å². The van der Waals surface area contributed by atoms with E-state index >= 15 is 0 Å². The summed E-state index contributed by atoms with van der Waals surface area (Å²) in [6.07, 6.45) is 4.50. The number of nitrogens with zero attached hydrogens (tertiary/aromatic N) is 1. The Morgan fingerprint density at radius 2 is 2.42 bits per heavy atom. The second-order valence-corrected chi connectivity index (χ2v) is 5.47. The Labute approximate surface area is 112 Å². The van der Waals surface area contributed by atoms with Gasteiger partial charge >= 0.3 is 0 Å². The van der Waals surface area contributed by atoms with Crippen molar-refractivity contribution in [1.29, 1.82) is 0 Å². The summed E-state index contributed by atoms with van der Waals surface area (Å²) in [6.45, 7) is 2.32. The Morgan fingerprint density at radius 3 is 3.05 bits per heavy atom. The molecule has 1 aromatic heterocycles. The van der Waals surface area contributed by atoms with E-state index < -0.39 is 11.4 Å². The Kier molecular flexibility index (Phi) is 4.14. The lowest BCUT2D eigenvalue weighted by molar-refractivity contribution is -0.0109. The number of aromatic nitrogens is 1. The first-order chi connectivity index (χ1) is 8.98. The number of hydrogen-bond donors (Lipinski definition) is 2. The van der Waals surface area contributed by atoms with Crippen molar-refractivity contribution in [3.63, 3.8) is 0 Å². The molecule has 104 valence electrons. The molecule has 2 atom stereocenters. The highest BCUT2D eigenvalue weighted by molar-refractivity contribution is 5.92. The predicted molar refractivity (Wildman–Crippen MR) is 69.1 cm³/mol. The van der Waals surface area contributed by atoms with Crippen molar-refractivity contribution in [3.05, 3.63) is 29.8 Å². The SMILES string of the molecule is CC1CCCC(O)(CNC(=O)c2ccc(F)cn2)C1. The van der Waals surface area contributed by atoms with Gasteiger partial charge in [-0.05, 0) is 30.9 Å². The van der Waals surface area contributed by atoms with Crippen LogP contribution in [0.3, 0.4) is 0 Å². The third kappa shape index (κ3) is 3.73. The third-order valence-electron chi connectivity index (χ3n) is 3.61. The molecule has 2 unspecified atom stereocenters. The summed E-state index contributed by atoms with van der Waals surface area (Å²) >= 11 is 0. The van der Waals surface area contributed by atoms with Crippen LogP contribution in [-0.2, 0) is 0 Å². The van der Waals surface area contributed by atoms with Gasteiger partial charge in [0.1, 0.15) is 11.5 Å². The zero-order chi connectivity index (χ0) is 13.9. The van der Waals surface area contributed by atoms with Gasteiger partial charge in [-0.2, -0.15) is 0 Å². The molecule has 0 radical (unpaired) electrons. The molecule has 19 heavy (non-hydrogen) atoms. The van der Waals surface area contributed by atoms with Crippen molar-refractivity contribution in [3.8, 4) is 0 Å². The highest BCUT2D eigenvalue weighted by Crippen LogP contribution is 2.31. The zero-order valence-corrected chi connectivity index (χ0v) is 11.0. The van der Waals surface area contributed by atoms with Crippen molar-refractivity contribution in [2.24, 2.45) is 5.92 Å². The summed E-state index contributed by atoms with van der Waals surface area (Å²) in [4.78, 5) is 15.5. The average Bonchev–Trinajstić information content (AvgIpc) is 2.37. The number of aliphatic hydroxyl groups is 1. The molecule has 0 saturated heterocycles. The first kappa shape index (κ1) is 13.9. The number of nitrogens with one attached hydrogen (secondary N) is 1. The number of halogens is 1. The van der Waals surface area contributed by atoms with Crippen LogP contribution in [0.1, 0.15) is 43.1 Å². The highest BCUT2D eigenvalue weighted by atomic mass is 19.1. The second kappa shape index (κ2) is 5.65. The van der Waals surface area contributed by atoms with E-state index in [0.29, 0.717) is 18.8 Å². The normalized spacial score (nSPS) is 27.0. The Morgan fingerprint density at radius 1 is 1.63 bits per heavy atom. The molecule has 1 aliphatic rings. The van der Waals surface area contributed by atoms with Crippen LogP contribution in [0.5, 0.6) is 0 Å². The minimum atomic E-state index is -0.826. The van der Waals surface area contributed by atoms with Crippen LogP contribution in [0.4, 0.5) is 4.39 Å². The van der Waals surface area contributed by atoms with E-state index in [1.807, 2.05) is 0 Å². The molecule has 0 bridgehead atoms. The lowest BCUT2D eigenvalue weighted by atomic mass is 9.79. The quantitative estimate of drug-likeness (QED) is 0.878. The van der Waals surface area contributed by atoms with E-state index in [-0.39, 0.29) is 18.1 Å². The molecule has 4 nitrogen and oxygen atoms in total. The lowest BCUT2D eigenvalue weighted by Gasteiger charge is -2.35. The number of carbonyl (C=O) groups is 1. The third-order valence-corrected chi connectivity index (χ3v) is 3.61. The van der Waals surface area contributed by atoms with Crippen LogP contribution in [0.25, 0.3) is 0 Å². The first-order valence-corrected chi connectivity index (χ1v) is 6.61. The van der Waals surface area contributed by atoms with Gasteiger partial charge in [0.25, 0.3) is 5.91 Å². The molecule has 1 aromatic rings. The lowest BCUT2D eigenvalue weighted by Crippen LogP contribution is -2.45. The van der Waals surface area contributed by atoms with Gasteiger partial charge in [-0.3, -0.25) is 4.79 Å². The number of rotatable bonds is 3. The van der Waals surface area contributed by atoms with E-state index in [0.717, 1.165) is 19.0 Å². The standard InChI is InChI=1S/C14H19FN2O2/c1-10-3-2-6-14(19,7-10)9-17-13(18)12-5-4-11(15)8-16-12/h4-5,8,10,19H,2-3,6-7,9H2,1H3,(H,17,18). The van der Waals surface area contributed by atoms with E-state index in [2.05, 4.69) is 17.2 Å². The Bertz CT molecular complexity index is 449. The van der Waals surface area contributed by atoms with Gasteiger partial charge in [-0.1, -0.05) is 19.8 Å². The minimum absolute atomic E-state index is 0.161. The largest absolute Gasteiger partial charge is 0.388 e. The molecule has 2 rings (SSSR count). The molecule has 1 aliphatic carbocycles. The molecule has 5 heteroatoms. The van der Waals surface area contributed by atoms with Gasteiger partial charge in [-0.25, -0.2) is 9.37 Å². The maximum Gasteiger partial charge on any atom is 0.269 e. The molecule has 1 saturated carbocycles. The highest BCUT2D eigenvalue weighted by Gasteiger charge is 2.32. The fraction of sp³-hybridized carbons (Fsp3) is 0.571. The van der Waals surface area contributed by atoms with Crippen molar-refractivity contribution < 1.29 is 14.3 Å². The smallest absolute Gasteiger partial charge is 0.269 e. The molecule has 1 fully saturated rings. The molecule has 2 N–H and O–H groups in total. The van der Waals surface area contributed by atoms with Crippen molar-refractivity contribution in [2.75, 3.05) is 6.54 Å². The van der Waals surface area contributed by atoms with E-state index in [9.17, 15) is 14.3 Å². The summed E-state index contributed by atoms with van der Waals surface area (Å²) in [5.74, 6) is -0.387. The van der Waals surface area contributed by atoms with Crippen LogP contribution in [0, 0.1) is 11.7 Å². The first-order valence-electron chi connectivity index (χ1n) is 6.61. The summed E-state index contributed by atoms with van der Waals surface area (Å²) < 4.78 is 12.7. The topological polar surface area (TPSA) is 62.2 Å². The summed E-state index contributed by atoms with van der Waals surface area (Å²) in [5, 5.41) is 13.1. The molecule has 1 heterocycles. The van der Waals surface area contributed by atoms with Crippen molar-refractivity contribution >= 4 is 5.91 Å². The Hall–Kier alpha value is -1.49. The molecular formula is C14H19FN2O2. The van der Waals surface area contributed by atoms with Gasteiger partial charge in [0.05, 0.1) is 11.8 Å². The summed E-state index contributed by atoms with van der Waals surface area (Å²) in [7, 11) is 0. The number of pyridine rings is 1. The van der Waals surface area contributed by atoms with Crippen LogP contribution < -0.4 is 5.32 Å². The van der Waals surface area contributed by atoms with Crippen LogP contribution in [0.15, 0.2) is 18.3 Å². The van der Waals surface area contributed by atoms with E-state index in [4.69, 9.17) is 0 Å². The maximum atomic E-state index is 12.7. The summed E-state index contributed by atoms with van der Waals surface area (Å²) in [5.41, 5.74) is -0.665. The molecular weight excluding hydrogens is 247 g/mol. The molecule has 0 spiro atoms. The predicted octanol–water partition coefficient (Wildman–Crippen LogP) is 1.89. The van der Waals surface area contributed by atoms with Crippen LogP contribution >= 0.6 is 0 Å². The monoisotopic (exact) mass is 266 g/mol. The number of carbonyl (C=O) groups excluding carboxylic acids is 1. The average molecular weight is 266 g/mol. The van der Waals surface area contributed by atoms with Gasteiger partial charge in [0.2, 0.25) is 0 Å². The minimum Gasteiger partial charge on any atom is -0.388 e. The maximum absolute atomic E-state index is 12.7. The zero-order valence-electron chi connectivity index (χ0n) is 11.0.